The van der Waals surface area contributed by atoms with Gasteiger partial charge in [-0.3, -0.25) is 9.59 Å². The lowest BCUT2D eigenvalue weighted by molar-refractivity contribution is -0.143. The first-order valence-electron chi connectivity index (χ1n) is 37.9. The molecule has 0 saturated carbocycles. The van der Waals surface area contributed by atoms with Crippen molar-refractivity contribution >= 4 is 11.9 Å². The van der Waals surface area contributed by atoms with Gasteiger partial charge in [-0.05, 0) is 89.9 Å². The van der Waals surface area contributed by atoms with Crippen LogP contribution in [0.25, 0.3) is 0 Å². The number of aliphatic hydroxyl groups is 2. The van der Waals surface area contributed by atoms with E-state index in [4.69, 9.17) is 4.74 Å². The number of nitrogens with one attached hydrogen (secondary N) is 1. The highest BCUT2D eigenvalue weighted by atomic mass is 16.5. The van der Waals surface area contributed by atoms with E-state index in [2.05, 4.69) is 55.6 Å². The molecule has 0 aliphatic heterocycles. The number of rotatable bonds is 71. The Labute approximate surface area is 525 Å². The maximum Gasteiger partial charge on any atom is 0.305 e. The summed E-state index contributed by atoms with van der Waals surface area (Å²) in [5, 5.41) is 23.2. The Morgan fingerprint density at radius 3 is 0.929 bits per heavy atom. The molecule has 3 N–H and O–H groups in total. The summed E-state index contributed by atoms with van der Waals surface area (Å²) >= 11 is 0. The Balaban J connectivity index is 3.37. The maximum absolute atomic E-state index is 12.5. The van der Waals surface area contributed by atoms with Crippen LogP contribution in [0, 0.1) is 0 Å². The molecule has 0 aliphatic rings. The number of carbonyl (C=O) groups excluding carboxylic acids is 2. The molecular weight excluding hydrogens is 1030 g/mol. The third-order valence-corrected chi connectivity index (χ3v) is 17.6. The second-order valence-corrected chi connectivity index (χ2v) is 26.0. The van der Waals surface area contributed by atoms with E-state index < -0.39 is 12.1 Å². The Morgan fingerprint density at radius 1 is 0.333 bits per heavy atom. The first-order chi connectivity index (χ1) is 41.5. The number of unbranched alkanes of at least 4 members (excludes halogenated alkanes) is 54. The summed E-state index contributed by atoms with van der Waals surface area (Å²) < 4.78 is 5.51. The summed E-state index contributed by atoms with van der Waals surface area (Å²) in [6.45, 7) is 4.92. The fourth-order valence-electron chi connectivity index (χ4n) is 11.8. The van der Waals surface area contributed by atoms with Crippen molar-refractivity contribution in [3.8, 4) is 0 Å². The van der Waals surface area contributed by atoms with Crippen molar-refractivity contribution in [3.05, 3.63) is 48.6 Å². The van der Waals surface area contributed by atoms with Crippen molar-refractivity contribution in [2.45, 2.75) is 424 Å². The number of ether oxygens (including phenoxy) is 1. The van der Waals surface area contributed by atoms with Gasteiger partial charge >= 0.3 is 5.97 Å². The molecule has 1 amide bonds. The van der Waals surface area contributed by atoms with Crippen molar-refractivity contribution in [3.63, 3.8) is 0 Å². The van der Waals surface area contributed by atoms with Crippen LogP contribution < -0.4 is 5.32 Å². The quantitative estimate of drug-likeness (QED) is 0.0320. The molecule has 84 heavy (non-hydrogen) atoms. The lowest BCUT2D eigenvalue weighted by Gasteiger charge is -2.20. The van der Waals surface area contributed by atoms with E-state index in [1.54, 1.807) is 6.08 Å². The smallest absolute Gasteiger partial charge is 0.305 e. The number of aliphatic hydroxyl groups excluding tert-OH is 2. The van der Waals surface area contributed by atoms with Gasteiger partial charge < -0.3 is 20.3 Å². The van der Waals surface area contributed by atoms with E-state index in [9.17, 15) is 19.8 Å². The van der Waals surface area contributed by atoms with E-state index in [0.29, 0.717) is 19.4 Å². The van der Waals surface area contributed by atoms with Crippen molar-refractivity contribution in [1.29, 1.82) is 0 Å². The van der Waals surface area contributed by atoms with Gasteiger partial charge in [-0.15, -0.1) is 0 Å². The molecule has 0 aromatic carbocycles. The number of esters is 1. The van der Waals surface area contributed by atoms with Gasteiger partial charge in [0.2, 0.25) is 5.91 Å². The number of hydrogen-bond donors (Lipinski definition) is 3. The minimum Gasteiger partial charge on any atom is -0.466 e. The summed E-state index contributed by atoms with van der Waals surface area (Å²) in [5.74, 6) is -0.0517. The van der Waals surface area contributed by atoms with E-state index in [0.717, 1.165) is 51.4 Å². The molecule has 0 aromatic rings. The third-order valence-electron chi connectivity index (χ3n) is 17.6. The number of carbonyl (C=O) groups is 2. The fourth-order valence-corrected chi connectivity index (χ4v) is 11.8. The first kappa shape index (κ1) is 81.8. The number of allylic oxidation sites excluding steroid dienone is 7. The van der Waals surface area contributed by atoms with Crippen molar-refractivity contribution in [1.82, 2.24) is 5.32 Å². The Morgan fingerprint density at radius 2 is 0.595 bits per heavy atom. The summed E-state index contributed by atoms with van der Waals surface area (Å²) in [6.07, 6.45) is 96.4. The normalized spacial score (nSPS) is 12.8. The molecule has 2 atom stereocenters. The molecule has 6 heteroatoms. The molecule has 0 spiro atoms. The molecule has 0 rings (SSSR count). The van der Waals surface area contributed by atoms with Gasteiger partial charge in [0, 0.05) is 12.8 Å². The van der Waals surface area contributed by atoms with Crippen LogP contribution in [-0.4, -0.2) is 47.4 Å². The van der Waals surface area contributed by atoms with Crippen LogP contribution in [0.4, 0.5) is 0 Å². The molecule has 0 heterocycles. The fraction of sp³-hybridized carbons (Fsp3) is 0.872. The minimum atomic E-state index is -0.843. The Hall–Kier alpha value is -2.18. The van der Waals surface area contributed by atoms with E-state index >= 15 is 0 Å². The predicted molar refractivity (Wildman–Crippen MR) is 370 cm³/mol. The van der Waals surface area contributed by atoms with Crippen molar-refractivity contribution in [2.75, 3.05) is 13.2 Å². The second kappa shape index (κ2) is 73.3. The average Bonchev–Trinajstić information content (AvgIpc) is 3.51. The van der Waals surface area contributed by atoms with Gasteiger partial charge in [-0.2, -0.15) is 0 Å². The molecular formula is C78H147NO5. The summed E-state index contributed by atoms with van der Waals surface area (Å²) in [7, 11) is 0. The van der Waals surface area contributed by atoms with Gasteiger partial charge in [-0.1, -0.05) is 358 Å². The molecule has 6 nitrogen and oxygen atoms in total. The molecule has 0 bridgehead atoms. The van der Waals surface area contributed by atoms with Gasteiger partial charge in [0.05, 0.1) is 25.4 Å². The van der Waals surface area contributed by atoms with Crippen LogP contribution in [0.1, 0.15) is 412 Å². The largest absolute Gasteiger partial charge is 0.466 e. The zero-order valence-corrected chi connectivity index (χ0v) is 56.6. The van der Waals surface area contributed by atoms with Gasteiger partial charge in [0.25, 0.3) is 0 Å². The second-order valence-electron chi connectivity index (χ2n) is 26.0. The van der Waals surface area contributed by atoms with Crippen LogP contribution in [0.5, 0.6) is 0 Å². The molecule has 0 aliphatic carbocycles. The van der Waals surface area contributed by atoms with Gasteiger partial charge in [0.15, 0.2) is 0 Å². The van der Waals surface area contributed by atoms with Crippen LogP contribution in [0.15, 0.2) is 48.6 Å². The van der Waals surface area contributed by atoms with Crippen molar-refractivity contribution < 1.29 is 24.5 Å². The predicted octanol–water partition coefficient (Wildman–Crippen LogP) is 24.8. The molecule has 0 fully saturated rings. The lowest BCUT2D eigenvalue weighted by Crippen LogP contribution is -2.45. The standard InChI is InChI=1S/C78H147NO5/c1-3-5-7-9-11-13-15-17-19-21-40-44-48-52-56-60-64-68-72-78(83)84-73-69-65-61-57-53-49-45-41-37-35-33-31-29-27-25-23-22-24-26-28-30-32-34-36-39-43-47-51-55-59-63-67-71-77(82)79-75(74-80)76(81)70-66-62-58-54-50-46-42-38-20-18-16-14-12-10-8-6-4-2/h13,15,19,21,25,27,66,70,75-76,80-81H,3-12,14,16-18,20,22-24,26,28-65,67-69,71-74H2,1-2H3,(H,79,82)/b15-13-,21-19-,27-25-,70-66+. The lowest BCUT2D eigenvalue weighted by atomic mass is 10.0. The minimum absolute atomic E-state index is 0.0109. The molecule has 0 radical (unpaired) electrons. The van der Waals surface area contributed by atoms with Gasteiger partial charge in [-0.25, -0.2) is 0 Å². The molecule has 0 saturated heterocycles. The van der Waals surface area contributed by atoms with Crippen molar-refractivity contribution in [2.24, 2.45) is 0 Å². The molecule has 494 valence electrons. The third kappa shape index (κ3) is 68.9. The summed E-state index contributed by atoms with van der Waals surface area (Å²) in [5.41, 5.74) is 0. The Kier molecular flexibility index (Phi) is 71.4. The first-order valence-corrected chi connectivity index (χ1v) is 37.9. The van der Waals surface area contributed by atoms with Crippen LogP contribution in [0.2, 0.25) is 0 Å². The highest BCUT2D eigenvalue weighted by Gasteiger charge is 2.18. The highest BCUT2D eigenvalue weighted by Crippen LogP contribution is 2.19. The number of amides is 1. The van der Waals surface area contributed by atoms with E-state index in [1.165, 1.54) is 334 Å². The molecule has 0 aromatic heterocycles. The molecule has 2 unspecified atom stereocenters. The highest BCUT2D eigenvalue weighted by molar-refractivity contribution is 5.76. The number of hydrogen-bond acceptors (Lipinski definition) is 5. The van der Waals surface area contributed by atoms with Crippen LogP contribution in [-0.2, 0) is 14.3 Å². The summed E-state index contributed by atoms with van der Waals surface area (Å²) in [4.78, 5) is 24.6. The topological polar surface area (TPSA) is 95.9 Å². The summed E-state index contributed by atoms with van der Waals surface area (Å²) in [6, 6.07) is -0.627. The maximum atomic E-state index is 12.5. The average molecular weight is 1180 g/mol. The monoisotopic (exact) mass is 1180 g/mol. The van der Waals surface area contributed by atoms with Gasteiger partial charge in [0.1, 0.15) is 0 Å². The van der Waals surface area contributed by atoms with E-state index in [1.807, 2.05) is 6.08 Å². The van der Waals surface area contributed by atoms with Crippen LogP contribution >= 0.6 is 0 Å². The zero-order valence-electron chi connectivity index (χ0n) is 56.6. The van der Waals surface area contributed by atoms with E-state index in [-0.39, 0.29) is 18.5 Å². The van der Waals surface area contributed by atoms with Crippen LogP contribution in [0.3, 0.4) is 0 Å². The SMILES string of the molecule is CCCCCC/C=C\C/C=C\CCCCCCCCCC(=O)OCCCCCCCCCCCCCC/C=C\CCCCCCCCCCCCCCCCCCC(=O)NC(CO)C(O)/C=C/CCCCCCCCCCCCCCCCC. The zero-order chi connectivity index (χ0) is 60.6. The Bertz CT molecular complexity index is 1400.